The third kappa shape index (κ3) is 2.95. The molecule has 0 aromatic heterocycles. The second-order valence-electron chi connectivity index (χ2n) is 5.53. The number of carbonyl (C=O) groups excluding carboxylic acids is 1. The molecule has 1 aliphatic rings. The summed E-state index contributed by atoms with van der Waals surface area (Å²) < 4.78 is 11.2. The third-order valence-electron chi connectivity index (χ3n) is 2.99. The molecule has 0 aromatic rings. The van der Waals surface area contributed by atoms with Gasteiger partial charge in [-0.25, -0.2) is 4.79 Å². The summed E-state index contributed by atoms with van der Waals surface area (Å²) in [5, 5.41) is 0. The van der Waals surface area contributed by atoms with Crippen molar-refractivity contribution in [2.24, 2.45) is 11.3 Å². The zero-order chi connectivity index (χ0) is 13.4. The normalized spacial score (nSPS) is 26.8. The first-order chi connectivity index (χ1) is 7.70. The lowest BCUT2D eigenvalue weighted by Gasteiger charge is -2.24. The molecule has 0 saturated carbocycles. The van der Waals surface area contributed by atoms with Gasteiger partial charge in [0.15, 0.2) is 0 Å². The Bertz CT molecular complexity index is 339. The van der Waals surface area contributed by atoms with E-state index < -0.39 is 0 Å². The third-order valence-corrected chi connectivity index (χ3v) is 3.69. The van der Waals surface area contributed by atoms with E-state index in [-0.39, 0.29) is 23.4 Å². The number of rotatable bonds is 2. The molecule has 0 aliphatic carbocycles. The second-order valence-corrected chi connectivity index (χ2v) is 7.50. The first-order valence-corrected chi connectivity index (χ1v) is 7.08. The SMILES string of the molecule is COC(=O)C1=C(C(C)(C)C)O[C@@H]([C@@H](C)I)[C@@H]1C. The van der Waals surface area contributed by atoms with Crippen molar-refractivity contribution >= 4 is 28.6 Å². The molecule has 0 spiro atoms. The minimum absolute atomic E-state index is 0.0546. The maximum atomic E-state index is 11.9. The van der Waals surface area contributed by atoms with E-state index in [0.29, 0.717) is 9.50 Å². The van der Waals surface area contributed by atoms with Gasteiger partial charge in [0.05, 0.1) is 12.7 Å². The summed E-state index contributed by atoms with van der Waals surface area (Å²) in [6.45, 7) is 10.3. The van der Waals surface area contributed by atoms with Crippen LogP contribution in [0.3, 0.4) is 0 Å². The number of allylic oxidation sites excluding steroid dienone is 1. The lowest BCUT2D eigenvalue weighted by atomic mass is 9.87. The van der Waals surface area contributed by atoms with Crippen molar-refractivity contribution in [1.82, 2.24) is 0 Å². The van der Waals surface area contributed by atoms with Crippen molar-refractivity contribution in [3.63, 3.8) is 0 Å². The number of hydrogen-bond donors (Lipinski definition) is 0. The van der Waals surface area contributed by atoms with Gasteiger partial charge in [0.2, 0.25) is 0 Å². The summed E-state index contributed by atoms with van der Waals surface area (Å²) in [6, 6.07) is 0. The van der Waals surface area contributed by atoms with Gasteiger partial charge in [-0.1, -0.05) is 50.3 Å². The van der Waals surface area contributed by atoms with Crippen LogP contribution in [-0.2, 0) is 14.3 Å². The maximum Gasteiger partial charge on any atom is 0.337 e. The molecular formula is C13H21IO3. The minimum atomic E-state index is -0.262. The van der Waals surface area contributed by atoms with Crippen molar-refractivity contribution in [2.45, 2.75) is 44.6 Å². The average molecular weight is 352 g/mol. The summed E-state index contributed by atoms with van der Waals surface area (Å²) in [4.78, 5) is 11.9. The van der Waals surface area contributed by atoms with E-state index in [2.05, 4.69) is 50.3 Å². The summed E-state index contributed by atoms with van der Waals surface area (Å²) in [5.74, 6) is 0.607. The monoisotopic (exact) mass is 352 g/mol. The van der Waals surface area contributed by atoms with Crippen molar-refractivity contribution in [1.29, 1.82) is 0 Å². The molecule has 1 rings (SSSR count). The van der Waals surface area contributed by atoms with Gasteiger partial charge in [-0.2, -0.15) is 0 Å². The number of alkyl halides is 1. The fourth-order valence-corrected chi connectivity index (χ4v) is 2.90. The smallest absolute Gasteiger partial charge is 0.337 e. The van der Waals surface area contributed by atoms with Crippen LogP contribution in [0, 0.1) is 11.3 Å². The quantitative estimate of drug-likeness (QED) is 0.435. The number of halogens is 1. The van der Waals surface area contributed by atoms with Gasteiger partial charge in [0.1, 0.15) is 11.9 Å². The van der Waals surface area contributed by atoms with E-state index >= 15 is 0 Å². The van der Waals surface area contributed by atoms with Crippen molar-refractivity contribution in [2.75, 3.05) is 7.11 Å². The predicted octanol–water partition coefficient (Wildman–Crippen LogP) is 3.32. The molecule has 3 atom stereocenters. The van der Waals surface area contributed by atoms with E-state index in [9.17, 15) is 4.79 Å². The van der Waals surface area contributed by atoms with Gasteiger partial charge in [-0.05, 0) is 6.92 Å². The van der Waals surface area contributed by atoms with Gasteiger partial charge in [-0.3, -0.25) is 0 Å². The van der Waals surface area contributed by atoms with Crippen LogP contribution in [0.25, 0.3) is 0 Å². The van der Waals surface area contributed by atoms with Crippen LogP contribution in [0.15, 0.2) is 11.3 Å². The zero-order valence-electron chi connectivity index (χ0n) is 11.3. The van der Waals surface area contributed by atoms with Crippen LogP contribution in [0.5, 0.6) is 0 Å². The molecule has 1 heterocycles. The molecule has 0 aromatic carbocycles. The van der Waals surface area contributed by atoms with Gasteiger partial charge in [0, 0.05) is 15.3 Å². The first-order valence-electron chi connectivity index (χ1n) is 5.83. The summed E-state index contributed by atoms with van der Waals surface area (Å²) >= 11 is 2.34. The Kier molecular flexibility index (Phi) is 4.49. The van der Waals surface area contributed by atoms with Crippen molar-refractivity contribution < 1.29 is 14.3 Å². The molecule has 0 radical (unpaired) electrons. The van der Waals surface area contributed by atoms with Gasteiger partial charge < -0.3 is 9.47 Å². The highest BCUT2D eigenvalue weighted by Gasteiger charge is 2.43. The minimum Gasteiger partial charge on any atom is -0.492 e. The summed E-state index contributed by atoms with van der Waals surface area (Å²) in [7, 11) is 1.42. The van der Waals surface area contributed by atoms with E-state index in [1.807, 2.05) is 6.92 Å². The number of hydrogen-bond acceptors (Lipinski definition) is 3. The van der Waals surface area contributed by atoms with Crippen LogP contribution in [0.4, 0.5) is 0 Å². The lowest BCUT2D eigenvalue weighted by Crippen LogP contribution is -2.26. The Hall–Kier alpha value is -0.260. The highest BCUT2D eigenvalue weighted by molar-refractivity contribution is 14.1. The van der Waals surface area contributed by atoms with E-state index in [1.165, 1.54) is 7.11 Å². The maximum absolute atomic E-state index is 11.9. The highest BCUT2D eigenvalue weighted by atomic mass is 127. The number of ether oxygens (including phenoxy) is 2. The number of methoxy groups -OCH3 is 1. The van der Waals surface area contributed by atoms with Crippen LogP contribution in [-0.4, -0.2) is 23.1 Å². The summed E-state index contributed by atoms with van der Waals surface area (Å²) in [5.41, 5.74) is 0.534. The molecule has 98 valence electrons. The van der Waals surface area contributed by atoms with Gasteiger partial charge >= 0.3 is 5.97 Å². The molecule has 0 N–H and O–H groups in total. The second kappa shape index (κ2) is 5.16. The Morgan fingerprint density at radius 3 is 2.35 bits per heavy atom. The van der Waals surface area contributed by atoms with E-state index in [1.54, 1.807) is 0 Å². The molecular weight excluding hydrogens is 331 g/mol. The van der Waals surface area contributed by atoms with E-state index in [0.717, 1.165) is 5.76 Å². The van der Waals surface area contributed by atoms with E-state index in [4.69, 9.17) is 9.47 Å². The van der Waals surface area contributed by atoms with Gasteiger partial charge in [0.25, 0.3) is 0 Å². The molecule has 0 unspecified atom stereocenters. The Balaban J connectivity index is 3.17. The highest BCUT2D eigenvalue weighted by Crippen LogP contribution is 2.43. The largest absolute Gasteiger partial charge is 0.492 e. The fourth-order valence-electron chi connectivity index (χ4n) is 2.13. The van der Waals surface area contributed by atoms with Crippen LogP contribution < -0.4 is 0 Å². The van der Waals surface area contributed by atoms with Gasteiger partial charge in [-0.15, -0.1) is 0 Å². The Morgan fingerprint density at radius 1 is 1.47 bits per heavy atom. The molecule has 4 heteroatoms. The lowest BCUT2D eigenvalue weighted by molar-refractivity contribution is -0.136. The molecule has 17 heavy (non-hydrogen) atoms. The molecule has 3 nitrogen and oxygen atoms in total. The molecule has 0 amide bonds. The van der Waals surface area contributed by atoms with Crippen LogP contribution in [0.1, 0.15) is 34.6 Å². The van der Waals surface area contributed by atoms with Crippen LogP contribution in [0.2, 0.25) is 0 Å². The molecule has 1 aliphatic heterocycles. The Labute approximate surface area is 117 Å². The average Bonchev–Trinajstić information content (AvgIpc) is 2.54. The molecule has 0 bridgehead atoms. The van der Waals surface area contributed by atoms with Crippen molar-refractivity contribution in [3.8, 4) is 0 Å². The number of esters is 1. The standard InChI is InChI=1S/C13H21IO3/c1-7-9(12(15)16-6)11(13(3,4)5)17-10(7)8(2)14/h7-8,10H,1-6H3/t7-,8-,10-/m1/s1. The predicted molar refractivity (Wildman–Crippen MR) is 76.0 cm³/mol. The Morgan fingerprint density at radius 2 is 2.00 bits per heavy atom. The first kappa shape index (κ1) is 14.8. The van der Waals surface area contributed by atoms with Crippen LogP contribution >= 0.6 is 22.6 Å². The molecule has 0 fully saturated rings. The zero-order valence-corrected chi connectivity index (χ0v) is 13.5. The topological polar surface area (TPSA) is 35.5 Å². The summed E-state index contributed by atoms with van der Waals surface area (Å²) in [6.07, 6.45) is 0.0546. The molecule has 0 saturated heterocycles. The number of carbonyl (C=O) groups is 1. The fraction of sp³-hybridized carbons (Fsp3) is 0.769. The van der Waals surface area contributed by atoms with Crippen molar-refractivity contribution in [3.05, 3.63) is 11.3 Å².